The van der Waals surface area contributed by atoms with E-state index in [9.17, 15) is 13.2 Å². The van der Waals surface area contributed by atoms with E-state index in [1.54, 1.807) is 30.1 Å². The smallest absolute Gasteiger partial charge is 0.258 e. The maximum Gasteiger partial charge on any atom is 0.258 e. The summed E-state index contributed by atoms with van der Waals surface area (Å²) in [5.41, 5.74) is 2.96. The number of fused-ring (bicyclic) bond motifs is 1. The Labute approximate surface area is 156 Å². The minimum Gasteiger partial charge on any atom is -0.311 e. The molecular formula is C20H28N2O3S. The summed E-state index contributed by atoms with van der Waals surface area (Å²) in [4.78, 5) is 14.3. The zero-order valence-corrected chi connectivity index (χ0v) is 16.7. The number of hydrogen-bond acceptors (Lipinski definition) is 3. The number of nitrogens with one attached hydrogen (secondary N) is 1. The molecule has 0 atom stereocenters. The van der Waals surface area contributed by atoms with Gasteiger partial charge >= 0.3 is 0 Å². The predicted octanol–water partition coefficient (Wildman–Crippen LogP) is 3.85. The van der Waals surface area contributed by atoms with Gasteiger partial charge in [-0.1, -0.05) is 37.7 Å². The summed E-state index contributed by atoms with van der Waals surface area (Å²) < 4.78 is 28.7. The molecule has 0 saturated heterocycles. The van der Waals surface area contributed by atoms with Gasteiger partial charge in [-0.15, -0.1) is 0 Å². The molecule has 0 unspecified atom stereocenters. The fourth-order valence-corrected chi connectivity index (χ4v) is 5.24. The normalized spacial score (nSPS) is 19.3. The number of nitrogens with zero attached hydrogens (tertiary/aromatic N) is 1. The number of anilines is 1. The van der Waals surface area contributed by atoms with Crippen molar-refractivity contribution >= 4 is 27.2 Å². The van der Waals surface area contributed by atoms with Gasteiger partial charge in [-0.3, -0.25) is 4.79 Å². The van der Waals surface area contributed by atoms with E-state index in [2.05, 4.69) is 4.72 Å². The summed E-state index contributed by atoms with van der Waals surface area (Å²) in [5, 5.41) is 0. The fraction of sp³-hybridized carbons (Fsp3) is 0.550. The molecule has 6 heteroatoms. The van der Waals surface area contributed by atoms with Crippen LogP contribution in [0.1, 0.15) is 64.4 Å². The highest BCUT2D eigenvalue weighted by Crippen LogP contribution is 2.38. The van der Waals surface area contributed by atoms with Crippen molar-refractivity contribution < 1.29 is 13.2 Å². The average Bonchev–Trinajstić information content (AvgIpc) is 2.81. The van der Waals surface area contributed by atoms with Crippen LogP contribution in [0.5, 0.6) is 0 Å². The van der Waals surface area contributed by atoms with E-state index in [0.717, 1.165) is 36.9 Å². The molecule has 1 N–H and O–H groups in total. The Bertz CT molecular complexity index is 831. The lowest BCUT2D eigenvalue weighted by molar-refractivity contribution is -0.112. The van der Waals surface area contributed by atoms with Crippen LogP contribution in [0, 0.1) is 0 Å². The number of likely N-dealkylation sites (N-methyl/N-ethyl adjacent to an activating group) is 1. The fourth-order valence-electron chi connectivity index (χ4n) is 3.91. The highest BCUT2D eigenvalue weighted by Gasteiger charge is 2.32. The molecule has 26 heavy (non-hydrogen) atoms. The first-order valence-corrected chi connectivity index (χ1v) is 10.9. The molecule has 1 amide bonds. The van der Waals surface area contributed by atoms with E-state index in [-0.39, 0.29) is 16.8 Å². The first-order valence-electron chi connectivity index (χ1n) is 9.43. The van der Waals surface area contributed by atoms with Crippen LogP contribution in [-0.2, 0) is 14.8 Å². The summed E-state index contributed by atoms with van der Waals surface area (Å²) >= 11 is 0. The largest absolute Gasteiger partial charge is 0.311 e. The van der Waals surface area contributed by atoms with Crippen molar-refractivity contribution in [2.75, 3.05) is 11.9 Å². The minimum absolute atomic E-state index is 0.000726. The number of rotatable bonds is 3. The highest BCUT2D eigenvalue weighted by atomic mass is 32.2. The third kappa shape index (κ3) is 3.71. The molecule has 0 spiro atoms. The van der Waals surface area contributed by atoms with Gasteiger partial charge in [-0.05, 0) is 44.9 Å². The van der Waals surface area contributed by atoms with Crippen molar-refractivity contribution in [1.82, 2.24) is 4.72 Å². The monoisotopic (exact) mass is 376 g/mol. The molecule has 1 aromatic rings. The van der Waals surface area contributed by atoms with Gasteiger partial charge < -0.3 is 4.90 Å². The van der Waals surface area contributed by atoms with E-state index in [1.165, 1.54) is 19.3 Å². The van der Waals surface area contributed by atoms with Crippen LogP contribution >= 0.6 is 0 Å². The Kier molecular flexibility index (Phi) is 5.53. The summed E-state index contributed by atoms with van der Waals surface area (Å²) in [6, 6.07) is 4.97. The average molecular weight is 377 g/mol. The molecule has 2 aliphatic rings. The molecule has 0 aromatic heterocycles. The van der Waals surface area contributed by atoms with E-state index < -0.39 is 10.0 Å². The van der Waals surface area contributed by atoms with Crippen LogP contribution in [0.3, 0.4) is 0 Å². The summed E-state index contributed by atoms with van der Waals surface area (Å²) in [7, 11) is -1.88. The van der Waals surface area contributed by atoms with Crippen molar-refractivity contribution in [1.29, 1.82) is 0 Å². The SMILES string of the molecule is CC(C)=C1C(=O)N(C)c2ccc(S(=O)(=O)NC3CCCCCCC3)cc21. The number of benzene rings is 1. The Morgan fingerprint density at radius 2 is 1.69 bits per heavy atom. The van der Waals surface area contributed by atoms with Gasteiger partial charge in [-0.25, -0.2) is 13.1 Å². The number of sulfonamides is 1. The van der Waals surface area contributed by atoms with Crippen LogP contribution < -0.4 is 9.62 Å². The van der Waals surface area contributed by atoms with Crippen LogP contribution in [0.25, 0.3) is 5.57 Å². The third-order valence-electron chi connectivity index (χ3n) is 5.35. The Hall–Kier alpha value is -1.66. The summed E-state index contributed by atoms with van der Waals surface area (Å²) in [5.74, 6) is -0.0810. The Morgan fingerprint density at radius 3 is 2.31 bits per heavy atom. The van der Waals surface area contributed by atoms with Crippen molar-refractivity contribution in [3.8, 4) is 0 Å². The second-order valence-electron chi connectivity index (χ2n) is 7.58. The Morgan fingerprint density at radius 1 is 1.08 bits per heavy atom. The molecule has 1 aliphatic carbocycles. The number of carbonyl (C=O) groups excluding carboxylic acids is 1. The van der Waals surface area contributed by atoms with E-state index >= 15 is 0 Å². The quantitative estimate of drug-likeness (QED) is 0.815. The lowest BCUT2D eigenvalue weighted by Crippen LogP contribution is -2.35. The second-order valence-corrected chi connectivity index (χ2v) is 9.30. The molecule has 3 rings (SSSR count). The van der Waals surface area contributed by atoms with E-state index in [0.29, 0.717) is 11.1 Å². The van der Waals surface area contributed by atoms with Crippen LogP contribution in [0.15, 0.2) is 28.7 Å². The van der Waals surface area contributed by atoms with E-state index in [4.69, 9.17) is 0 Å². The molecule has 1 aliphatic heterocycles. The zero-order chi connectivity index (χ0) is 18.9. The predicted molar refractivity (Wildman–Crippen MR) is 105 cm³/mol. The van der Waals surface area contributed by atoms with Crippen molar-refractivity contribution in [3.05, 3.63) is 29.3 Å². The van der Waals surface area contributed by atoms with Gasteiger partial charge in [0.15, 0.2) is 0 Å². The Balaban J connectivity index is 1.90. The van der Waals surface area contributed by atoms with Crippen molar-refractivity contribution in [2.45, 2.75) is 69.7 Å². The molecule has 1 fully saturated rings. The van der Waals surface area contributed by atoms with Gasteiger partial charge in [0.05, 0.1) is 10.6 Å². The number of hydrogen-bond donors (Lipinski definition) is 1. The number of amides is 1. The minimum atomic E-state index is -3.60. The molecule has 5 nitrogen and oxygen atoms in total. The van der Waals surface area contributed by atoms with Crippen LogP contribution in [-0.4, -0.2) is 27.4 Å². The van der Waals surface area contributed by atoms with Gasteiger partial charge in [0, 0.05) is 24.2 Å². The van der Waals surface area contributed by atoms with Gasteiger partial charge in [0.25, 0.3) is 5.91 Å². The maximum absolute atomic E-state index is 12.9. The van der Waals surface area contributed by atoms with Gasteiger partial charge in [0.2, 0.25) is 10.0 Å². The van der Waals surface area contributed by atoms with Crippen molar-refractivity contribution in [3.63, 3.8) is 0 Å². The number of allylic oxidation sites excluding steroid dienone is 1. The molecule has 0 bridgehead atoms. The highest BCUT2D eigenvalue weighted by molar-refractivity contribution is 7.89. The molecule has 1 aromatic carbocycles. The maximum atomic E-state index is 12.9. The van der Waals surface area contributed by atoms with E-state index in [1.807, 2.05) is 13.8 Å². The summed E-state index contributed by atoms with van der Waals surface area (Å²) in [6.45, 7) is 3.76. The first kappa shape index (κ1) is 19.1. The van der Waals surface area contributed by atoms with Crippen LogP contribution in [0.4, 0.5) is 5.69 Å². The molecule has 142 valence electrons. The molecule has 1 heterocycles. The molecule has 0 radical (unpaired) electrons. The standard InChI is InChI=1S/C20H28N2O3S/c1-14(2)19-17-13-16(11-12-18(17)22(3)20(19)23)26(24,25)21-15-9-7-5-4-6-8-10-15/h11-13,15,21H,4-10H2,1-3H3. The summed E-state index contributed by atoms with van der Waals surface area (Å²) in [6.07, 6.45) is 7.52. The zero-order valence-electron chi connectivity index (χ0n) is 15.8. The second kappa shape index (κ2) is 7.53. The van der Waals surface area contributed by atoms with Gasteiger partial charge in [-0.2, -0.15) is 0 Å². The van der Waals surface area contributed by atoms with Gasteiger partial charge in [0.1, 0.15) is 0 Å². The topological polar surface area (TPSA) is 66.5 Å². The first-order chi connectivity index (χ1) is 12.3. The third-order valence-corrected chi connectivity index (χ3v) is 6.87. The van der Waals surface area contributed by atoms with Crippen molar-refractivity contribution in [2.24, 2.45) is 0 Å². The van der Waals surface area contributed by atoms with Crippen LogP contribution in [0.2, 0.25) is 0 Å². The lowest BCUT2D eigenvalue weighted by atomic mass is 9.97. The molecule has 1 saturated carbocycles. The lowest BCUT2D eigenvalue weighted by Gasteiger charge is -2.21. The number of carbonyl (C=O) groups is 1. The molecular weight excluding hydrogens is 348 g/mol.